The van der Waals surface area contributed by atoms with Gasteiger partial charge >= 0.3 is 5.97 Å². The van der Waals surface area contributed by atoms with Gasteiger partial charge in [-0.3, -0.25) is 9.69 Å². The number of anilines is 1. The predicted molar refractivity (Wildman–Crippen MR) is 113 cm³/mol. The van der Waals surface area contributed by atoms with E-state index in [-0.39, 0.29) is 5.91 Å². The molecule has 0 spiro atoms. The molecule has 1 amide bonds. The zero-order valence-electron chi connectivity index (χ0n) is 15.2. The van der Waals surface area contributed by atoms with Crippen molar-refractivity contribution in [3.63, 3.8) is 0 Å². The van der Waals surface area contributed by atoms with Gasteiger partial charge in [-0.1, -0.05) is 48.2 Å². The summed E-state index contributed by atoms with van der Waals surface area (Å²) in [5.41, 5.74) is 2.44. The van der Waals surface area contributed by atoms with Crippen LogP contribution in [0.1, 0.15) is 11.1 Å². The second kappa shape index (κ2) is 8.45. The Kier molecular flexibility index (Phi) is 6.01. The van der Waals surface area contributed by atoms with Crippen molar-refractivity contribution in [1.82, 2.24) is 0 Å². The maximum Gasteiger partial charge on any atom is 0.341 e. The number of rotatable bonds is 6. The molecule has 8 heteroatoms. The number of aliphatic carboxylic acids is 1. The predicted octanol–water partition coefficient (Wildman–Crippen LogP) is 3.87. The minimum Gasteiger partial charge on any atom is -0.493 e. The van der Waals surface area contributed by atoms with E-state index in [9.17, 15) is 9.59 Å². The van der Waals surface area contributed by atoms with E-state index in [2.05, 4.69) is 0 Å². The standard InChI is InChI=1S/C20H17NO5S2/c1-12-5-3-4-6-14(12)21-19(24)17(28-20(21)27)10-13-7-8-15(16(9-13)25-2)26-11-18(22)23/h3-10H,11H2,1-2H3,(H,22,23)/b17-10-. The van der Waals surface area contributed by atoms with Gasteiger partial charge in [0.25, 0.3) is 5.91 Å². The number of para-hydroxylation sites is 1. The number of nitrogens with zero attached hydrogens (tertiary/aromatic N) is 1. The molecule has 0 atom stereocenters. The fourth-order valence-electron chi connectivity index (χ4n) is 2.67. The normalized spacial score (nSPS) is 15.2. The van der Waals surface area contributed by atoms with E-state index in [0.29, 0.717) is 26.3 Å². The number of benzene rings is 2. The van der Waals surface area contributed by atoms with Crippen molar-refractivity contribution in [3.05, 3.63) is 58.5 Å². The molecule has 0 unspecified atom stereocenters. The quantitative estimate of drug-likeness (QED) is 0.567. The largest absolute Gasteiger partial charge is 0.493 e. The van der Waals surface area contributed by atoms with Crippen LogP contribution in [0.4, 0.5) is 5.69 Å². The number of amides is 1. The van der Waals surface area contributed by atoms with Gasteiger partial charge in [-0.05, 0) is 42.3 Å². The topological polar surface area (TPSA) is 76.1 Å². The monoisotopic (exact) mass is 415 g/mol. The van der Waals surface area contributed by atoms with Gasteiger partial charge in [0, 0.05) is 0 Å². The summed E-state index contributed by atoms with van der Waals surface area (Å²) in [6.07, 6.45) is 1.72. The third kappa shape index (κ3) is 4.18. The molecule has 2 aromatic carbocycles. The molecule has 6 nitrogen and oxygen atoms in total. The Morgan fingerprint density at radius 1 is 1.25 bits per heavy atom. The summed E-state index contributed by atoms with van der Waals surface area (Å²) >= 11 is 6.64. The summed E-state index contributed by atoms with van der Waals surface area (Å²) in [6.45, 7) is 1.46. The Morgan fingerprint density at radius 2 is 2.00 bits per heavy atom. The molecule has 0 bridgehead atoms. The Morgan fingerprint density at radius 3 is 2.68 bits per heavy atom. The van der Waals surface area contributed by atoms with Gasteiger partial charge in [-0.15, -0.1) is 0 Å². The SMILES string of the molecule is COc1cc(/C=C2\SC(=S)N(c3ccccc3C)C2=O)ccc1OCC(=O)O. The number of carbonyl (C=O) groups excluding carboxylic acids is 1. The van der Waals surface area contributed by atoms with Crippen LogP contribution in [-0.4, -0.2) is 35.0 Å². The van der Waals surface area contributed by atoms with Crippen molar-refractivity contribution in [2.45, 2.75) is 6.92 Å². The molecule has 0 saturated carbocycles. The lowest BCUT2D eigenvalue weighted by Crippen LogP contribution is -2.28. The number of carbonyl (C=O) groups is 2. The Balaban J connectivity index is 1.88. The van der Waals surface area contributed by atoms with Gasteiger partial charge in [-0.25, -0.2) is 4.79 Å². The van der Waals surface area contributed by atoms with E-state index < -0.39 is 12.6 Å². The first kappa shape index (κ1) is 19.9. The van der Waals surface area contributed by atoms with Crippen LogP contribution in [0.25, 0.3) is 6.08 Å². The number of thiocarbonyl (C=S) groups is 1. The lowest BCUT2D eigenvalue weighted by Gasteiger charge is -2.16. The first-order valence-corrected chi connectivity index (χ1v) is 9.49. The van der Waals surface area contributed by atoms with E-state index in [1.165, 1.54) is 23.8 Å². The summed E-state index contributed by atoms with van der Waals surface area (Å²) in [7, 11) is 1.46. The van der Waals surface area contributed by atoms with Crippen LogP contribution in [0.15, 0.2) is 47.4 Å². The highest BCUT2D eigenvalue weighted by Gasteiger charge is 2.33. The third-order valence-electron chi connectivity index (χ3n) is 3.99. The molecule has 0 aromatic heterocycles. The van der Waals surface area contributed by atoms with Gasteiger partial charge in [0.15, 0.2) is 22.4 Å². The fourth-order valence-corrected chi connectivity index (χ4v) is 3.96. The van der Waals surface area contributed by atoms with Gasteiger partial charge in [-0.2, -0.15) is 0 Å². The molecule has 3 rings (SSSR count). The molecule has 28 heavy (non-hydrogen) atoms. The summed E-state index contributed by atoms with van der Waals surface area (Å²) in [6, 6.07) is 12.6. The first-order valence-electron chi connectivity index (χ1n) is 8.27. The summed E-state index contributed by atoms with van der Waals surface area (Å²) in [4.78, 5) is 25.6. The van der Waals surface area contributed by atoms with Gasteiger partial charge in [0.2, 0.25) is 0 Å². The molecule has 1 N–H and O–H groups in total. The molecule has 2 aromatic rings. The van der Waals surface area contributed by atoms with Gasteiger partial charge in [0.1, 0.15) is 0 Å². The molecule has 1 saturated heterocycles. The number of methoxy groups -OCH3 is 1. The van der Waals surface area contributed by atoms with Gasteiger partial charge in [0.05, 0.1) is 17.7 Å². The molecule has 0 radical (unpaired) electrons. The smallest absolute Gasteiger partial charge is 0.341 e. The van der Waals surface area contributed by atoms with Gasteiger partial charge < -0.3 is 14.6 Å². The van der Waals surface area contributed by atoms with Crippen molar-refractivity contribution in [3.8, 4) is 11.5 Å². The average molecular weight is 415 g/mol. The molecule has 1 fully saturated rings. The van der Waals surface area contributed by atoms with Crippen molar-refractivity contribution < 1.29 is 24.2 Å². The van der Waals surface area contributed by atoms with Crippen molar-refractivity contribution in [1.29, 1.82) is 0 Å². The van der Waals surface area contributed by atoms with Crippen molar-refractivity contribution in [2.24, 2.45) is 0 Å². The van der Waals surface area contributed by atoms with E-state index >= 15 is 0 Å². The van der Waals surface area contributed by atoms with Crippen molar-refractivity contribution in [2.75, 3.05) is 18.6 Å². The maximum atomic E-state index is 12.9. The minimum absolute atomic E-state index is 0.186. The number of ether oxygens (including phenoxy) is 2. The molecule has 0 aliphatic carbocycles. The van der Waals surface area contributed by atoms with E-state index in [1.54, 1.807) is 24.3 Å². The molecule has 1 aliphatic heterocycles. The fraction of sp³-hybridized carbons (Fsp3) is 0.150. The second-order valence-corrected chi connectivity index (χ2v) is 7.57. The van der Waals surface area contributed by atoms with Crippen LogP contribution in [0.3, 0.4) is 0 Å². The van der Waals surface area contributed by atoms with E-state index in [4.69, 9.17) is 26.8 Å². The number of hydrogen-bond acceptors (Lipinski definition) is 6. The molecule has 1 aliphatic rings. The van der Waals surface area contributed by atoms with Crippen LogP contribution in [0.2, 0.25) is 0 Å². The zero-order valence-corrected chi connectivity index (χ0v) is 16.8. The maximum absolute atomic E-state index is 12.9. The number of carboxylic acid groups (broad SMARTS) is 1. The highest BCUT2D eigenvalue weighted by atomic mass is 32.2. The summed E-state index contributed by atoms with van der Waals surface area (Å²) in [5.74, 6) is -0.570. The van der Waals surface area contributed by atoms with Crippen LogP contribution < -0.4 is 14.4 Å². The Bertz CT molecular complexity index is 986. The summed E-state index contributed by atoms with van der Waals surface area (Å²) in [5, 5.41) is 8.74. The average Bonchev–Trinajstić information content (AvgIpc) is 2.94. The number of hydrogen-bond donors (Lipinski definition) is 1. The molecular formula is C20H17NO5S2. The highest BCUT2D eigenvalue weighted by Crippen LogP contribution is 2.38. The van der Waals surface area contributed by atoms with Crippen LogP contribution in [0.5, 0.6) is 11.5 Å². The molecule has 144 valence electrons. The number of carboxylic acids is 1. The lowest BCUT2D eigenvalue weighted by atomic mass is 10.1. The van der Waals surface area contributed by atoms with Crippen LogP contribution >= 0.6 is 24.0 Å². The Labute approximate surface area is 171 Å². The summed E-state index contributed by atoms with van der Waals surface area (Å²) < 4.78 is 10.9. The molecule has 1 heterocycles. The van der Waals surface area contributed by atoms with E-state index in [0.717, 1.165) is 11.3 Å². The third-order valence-corrected chi connectivity index (χ3v) is 5.29. The molecular weight excluding hydrogens is 398 g/mol. The number of thioether (sulfide) groups is 1. The first-order chi connectivity index (χ1) is 13.4. The number of aryl methyl sites for hydroxylation is 1. The van der Waals surface area contributed by atoms with Crippen molar-refractivity contribution >= 4 is 51.9 Å². The highest BCUT2D eigenvalue weighted by molar-refractivity contribution is 8.27. The van der Waals surface area contributed by atoms with E-state index in [1.807, 2.05) is 31.2 Å². The zero-order chi connectivity index (χ0) is 20.3. The van der Waals surface area contributed by atoms with Crippen LogP contribution in [-0.2, 0) is 9.59 Å². The lowest BCUT2D eigenvalue weighted by molar-refractivity contribution is -0.139. The minimum atomic E-state index is -1.08. The van der Waals surface area contributed by atoms with Crippen LogP contribution in [0, 0.1) is 6.92 Å². The second-order valence-electron chi connectivity index (χ2n) is 5.90. The Hall–Kier alpha value is -2.84.